The molecule has 2 aromatic carbocycles. The number of halogens is 1. The fraction of sp³-hybridized carbons (Fsp3) is 0.364. The lowest BCUT2D eigenvalue weighted by Crippen LogP contribution is -2.34. The number of ether oxygens (including phenoxy) is 1. The van der Waals surface area contributed by atoms with Crippen LogP contribution in [0.4, 0.5) is 5.69 Å². The summed E-state index contributed by atoms with van der Waals surface area (Å²) in [7, 11) is -3.56. The predicted molar refractivity (Wildman–Crippen MR) is 135 cm³/mol. The van der Waals surface area contributed by atoms with Crippen molar-refractivity contribution in [2.45, 2.75) is 38.5 Å². The van der Waals surface area contributed by atoms with Crippen molar-refractivity contribution in [1.29, 1.82) is 0 Å². The molecule has 0 aliphatic carbocycles. The fourth-order valence-corrected chi connectivity index (χ4v) is 5.20. The van der Waals surface area contributed by atoms with Crippen LogP contribution in [0.25, 0.3) is 0 Å². The zero-order chi connectivity index (χ0) is 23.7. The van der Waals surface area contributed by atoms with Crippen LogP contribution in [0, 0.1) is 0 Å². The second kappa shape index (κ2) is 12.3. The second-order valence-corrected chi connectivity index (χ2v) is 10.2. The lowest BCUT2D eigenvalue weighted by Gasteiger charge is -2.21. The van der Waals surface area contributed by atoms with E-state index in [0.717, 1.165) is 17.3 Å². The number of rotatable bonds is 10. The van der Waals surface area contributed by atoms with Crippen LogP contribution in [-0.4, -0.2) is 43.4 Å². The molecule has 0 unspecified atom stereocenters. The summed E-state index contributed by atoms with van der Waals surface area (Å²) >= 11 is 8.60. The molecule has 0 aliphatic rings. The largest absolute Gasteiger partial charge is 0.493 e. The Hall–Kier alpha value is -2.01. The highest BCUT2D eigenvalue weighted by Gasteiger charge is 2.23. The van der Waals surface area contributed by atoms with Gasteiger partial charge in [-0.3, -0.25) is 10.1 Å². The third-order valence-electron chi connectivity index (χ3n) is 4.41. The van der Waals surface area contributed by atoms with Crippen molar-refractivity contribution >= 4 is 54.9 Å². The van der Waals surface area contributed by atoms with Gasteiger partial charge in [0.1, 0.15) is 5.75 Å². The normalized spacial score (nSPS) is 11.3. The number of thiocarbonyl (C=S) groups is 1. The monoisotopic (exact) mass is 541 g/mol. The maximum atomic E-state index is 12.9. The number of anilines is 1. The summed E-state index contributed by atoms with van der Waals surface area (Å²) < 4.78 is 33.5. The van der Waals surface area contributed by atoms with Crippen LogP contribution in [0.5, 0.6) is 5.75 Å². The number of hydrogen-bond donors (Lipinski definition) is 2. The Balaban J connectivity index is 2.09. The standard InChI is InChI=1S/C22H28BrN3O4S2/c1-4-13-26(14-5-2)32(28,29)18-10-8-17(9-11-18)24-22(31)25-21(27)19-15-16(23)7-12-20(19)30-6-3/h7-12,15H,4-6,13-14H2,1-3H3,(H2,24,25,27,31). The van der Waals surface area contributed by atoms with Crippen LogP contribution < -0.4 is 15.4 Å². The summed E-state index contributed by atoms with van der Waals surface area (Å²) in [6, 6.07) is 11.4. The Morgan fingerprint density at radius 3 is 2.25 bits per heavy atom. The Labute approximate surface area is 203 Å². The molecule has 0 fully saturated rings. The number of nitrogens with zero attached hydrogens (tertiary/aromatic N) is 1. The molecule has 2 rings (SSSR count). The van der Waals surface area contributed by atoms with Gasteiger partial charge in [0.15, 0.2) is 5.11 Å². The fourth-order valence-electron chi connectivity index (χ4n) is 3.00. The first kappa shape index (κ1) is 26.2. The zero-order valence-electron chi connectivity index (χ0n) is 18.4. The van der Waals surface area contributed by atoms with E-state index in [2.05, 4.69) is 26.6 Å². The Morgan fingerprint density at radius 2 is 1.69 bits per heavy atom. The van der Waals surface area contributed by atoms with Crippen molar-refractivity contribution < 1.29 is 17.9 Å². The van der Waals surface area contributed by atoms with Gasteiger partial charge in [-0.1, -0.05) is 29.8 Å². The van der Waals surface area contributed by atoms with E-state index in [1.807, 2.05) is 20.8 Å². The number of benzene rings is 2. The average molecular weight is 543 g/mol. The summed E-state index contributed by atoms with van der Waals surface area (Å²) in [4.78, 5) is 12.9. The molecule has 10 heteroatoms. The SMILES string of the molecule is CCCN(CCC)S(=O)(=O)c1ccc(NC(=S)NC(=O)c2cc(Br)ccc2OCC)cc1. The van der Waals surface area contributed by atoms with Crippen molar-refractivity contribution in [1.82, 2.24) is 9.62 Å². The molecule has 7 nitrogen and oxygen atoms in total. The third-order valence-corrected chi connectivity index (χ3v) is 7.02. The van der Waals surface area contributed by atoms with Gasteiger partial charge in [0.25, 0.3) is 5.91 Å². The number of hydrogen-bond acceptors (Lipinski definition) is 5. The van der Waals surface area contributed by atoms with Gasteiger partial charge in [0, 0.05) is 23.2 Å². The van der Waals surface area contributed by atoms with Crippen LogP contribution in [0.15, 0.2) is 51.8 Å². The van der Waals surface area contributed by atoms with E-state index in [0.29, 0.717) is 36.7 Å². The van der Waals surface area contributed by atoms with Crippen molar-refractivity contribution in [2.24, 2.45) is 0 Å². The third kappa shape index (κ3) is 6.99. The van der Waals surface area contributed by atoms with Crippen LogP contribution in [0.3, 0.4) is 0 Å². The molecule has 2 N–H and O–H groups in total. The molecule has 0 bridgehead atoms. The number of amides is 1. The van der Waals surface area contributed by atoms with E-state index in [-0.39, 0.29) is 10.0 Å². The molecule has 0 heterocycles. The van der Waals surface area contributed by atoms with E-state index < -0.39 is 15.9 Å². The minimum Gasteiger partial charge on any atom is -0.493 e. The van der Waals surface area contributed by atoms with Gasteiger partial charge in [0.2, 0.25) is 10.0 Å². The Morgan fingerprint density at radius 1 is 1.06 bits per heavy atom. The highest BCUT2D eigenvalue weighted by molar-refractivity contribution is 9.10. The molecule has 2 aromatic rings. The van der Waals surface area contributed by atoms with Crippen LogP contribution in [0.1, 0.15) is 44.0 Å². The van der Waals surface area contributed by atoms with Crippen LogP contribution in [-0.2, 0) is 10.0 Å². The molecule has 0 spiro atoms. The first-order valence-electron chi connectivity index (χ1n) is 10.4. The zero-order valence-corrected chi connectivity index (χ0v) is 21.6. The Bertz CT molecular complexity index is 1040. The number of sulfonamides is 1. The van der Waals surface area contributed by atoms with Gasteiger partial charge in [0.05, 0.1) is 17.1 Å². The van der Waals surface area contributed by atoms with Crippen molar-refractivity contribution in [3.8, 4) is 5.75 Å². The van der Waals surface area contributed by atoms with Gasteiger partial charge < -0.3 is 10.1 Å². The molecular weight excluding hydrogens is 514 g/mol. The van der Waals surface area contributed by atoms with Crippen LogP contribution in [0.2, 0.25) is 0 Å². The van der Waals surface area contributed by atoms with E-state index in [9.17, 15) is 13.2 Å². The van der Waals surface area contributed by atoms with Crippen LogP contribution >= 0.6 is 28.1 Å². The minimum absolute atomic E-state index is 0.0895. The topological polar surface area (TPSA) is 87.7 Å². The summed E-state index contributed by atoms with van der Waals surface area (Å²) in [6.07, 6.45) is 1.49. The van der Waals surface area contributed by atoms with Gasteiger partial charge in [-0.15, -0.1) is 0 Å². The van der Waals surface area contributed by atoms with E-state index >= 15 is 0 Å². The average Bonchev–Trinajstić information content (AvgIpc) is 2.75. The molecule has 32 heavy (non-hydrogen) atoms. The maximum absolute atomic E-state index is 12.9. The number of carbonyl (C=O) groups is 1. The van der Waals surface area contributed by atoms with Crippen molar-refractivity contribution in [3.63, 3.8) is 0 Å². The van der Waals surface area contributed by atoms with Gasteiger partial charge in [-0.25, -0.2) is 8.42 Å². The lowest BCUT2D eigenvalue weighted by atomic mass is 10.2. The summed E-state index contributed by atoms with van der Waals surface area (Å²) in [6.45, 7) is 7.12. The molecule has 0 aromatic heterocycles. The molecule has 0 saturated heterocycles. The highest BCUT2D eigenvalue weighted by atomic mass is 79.9. The quantitative estimate of drug-likeness (QED) is 0.420. The van der Waals surface area contributed by atoms with Gasteiger partial charge in [-0.05, 0) is 74.4 Å². The Kier molecular flexibility index (Phi) is 10.1. The van der Waals surface area contributed by atoms with E-state index in [4.69, 9.17) is 17.0 Å². The summed E-state index contributed by atoms with van der Waals surface area (Å²) in [5, 5.41) is 5.62. The molecular formula is C22H28BrN3O4S2. The van der Waals surface area contributed by atoms with E-state index in [1.165, 1.54) is 16.4 Å². The van der Waals surface area contributed by atoms with Gasteiger partial charge >= 0.3 is 0 Å². The number of nitrogens with one attached hydrogen (secondary N) is 2. The molecule has 174 valence electrons. The lowest BCUT2D eigenvalue weighted by molar-refractivity contribution is 0.0974. The first-order valence-corrected chi connectivity index (χ1v) is 13.0. The predicted octanol–water partition coefficient (Wildman–Crippen LogP) is 4.79. The van der Waals surface area contributed by atoms with Gasteiger partial charge in [-0.2, -0.15) is 4.31 Å². The minimum atomic E-state index is -3.56. The summed E-state index contributed by atoms with van der Waals surface area (Å²) in [5.74, 6) is 0.0375. The molecule has 0 radical (unpaired) electrons. The molecule has 0 aliphatic heterocycles. The van der Waals surface area contributed by atoms with E-state index in [1.54, 1.807) is 30.3 Å². The highest BCUT2D eigenvalue weighted by Crippen LogP contribution is 2.23. The molecule has 0 saturated carbocycles. The number of carbonyl (C=O) groups excluding carboxylic acids is 1. The smallest absolute Gasteiger partial charge is 0.261 e. The molecule has 0 atom stereocenters. The van der Waals surface area contributed by atoms with Crippen molar-refractivity contribution in [3.05, 3.63) is 52.5 Å². The second-order valence-electron chi connectivity index (χ2n) is 6.91. The maximum Gasteiger partial charge on any atom is 0.261 e. The summed E-state index contributed by atoms with van der Waals surface area (Å²) in [5.41, 5.74) is 0.907. The molecule has 1 amide bonds. The van der Waals surface area contributed by atoms with Crippen molar-refractivity contribution in [2.75, 3.05) is 25.0 Å². The first-order chi connectivity index (χ1) is 15.2.